The summed E-state index contributed by atoms with van der Waals surface area (Å²) in [7, 11) is 1.49. The zero-order valence-electron chi connectivity index (χ0n) is 21.1. The third kappa shape index (κ3) is 5.48. The van der Waals surface area contributed by atoms with Gasteiger partial charge in [0.2, 0.25) is 12.0 Å². The molecule has 2 aromatic heterocycles. The fourth-order valence-electron chi connectivity index (χ4n) is 4.29. The number of aromatic nitrogens is 3. The predicted molar refractivity (Wildman–Crippen MR) is 133 cm³/mol. The van der Waals surface area contributed by atoms with Crippen LogP contribution >= 0.6 is 11.8 Å². The van der Waals surface area contributed by atoms with Crippen LogP contribution < -0.4 is 24.4 Å². The van der Waals surface area contributed by atoms with E-state index in [0.29, 0.717) is 5.69 Å². The lowest BCUT2D eigenvalue weighted by atomic mass is 10.1. The second kappa shape index (κ2) is 10.5. The third-order valence-electron chi connectivity index (χ3n) is 6.01. The molecule has 1 N–H and O–H groups in total. The van der Waals surface area contributed by atoms with Gasteiger partial charge in [0.15, 0.2) is 11.5 Å². The molecule has 5 rings (SSSR count). The number of rotatable bonds is 8. The molecule has 0 unspecified atom stereocenters. The molecule has 1 aliphatic rings. The van der Waals surface area contributed by atoms with Crippen molar-refractivity contribution in [3.63, 3.8) is 0 Å². The molecule has 0 saturated carbocycles. The molecule has 0 atom stereocenters. The highest BCUT2D eigenvalue weighted by Crippen LogP contribution is 2.44. The number of fused-ring (bicyclic) bond motifs is 2. The van der Waals surface area contributed by atoms with Crippen molar-refractivity contribution in [1.82, 2.24) is 14.9 Å². The Hall–Kier alpha value is -4.07. The third-order valence-corrected chi connectivity index (χ3v) is 6.87. The van der Waals surface area contributed by atoms with Crippen LogP contribution in [0.4, 0.5) is 22.0 Å². The van der Waals surface area contributed by atoms with Crippen molar-refractivity contribution in [3.05, 3.63) is 77.4 Å². The average molecular weight is 582 g/mol. The van der Waals surface area contributed by atoms with Gasteiger partial charge in [0, 0.05) is 21.9 Å². The minimum atomic E-state index is -4.86. The molecule has 14 heteroatoms. The Balaban J connectivity index is 1.42. The van der Waals surface area contributed by atoms with Crippen LogP contribution in [-0.4, -0.2) is 34.6 Å². The number of ether oxygens (including phenoxy) is 2. The molecule has 0 bridgehead atoms. The number of hydrogen-bond acceptors (Lipinski definition) is 6. The molecule has 210 valence electrons. The lowest BCUT2D eigenvalue weighted by Crippen LogP contribution is -2.46. The maximum absolute atomic E-state index is 13.9. The van der Waals surface area contributed by atoms with Crippen LogP contribution in [-0.2, 0) is 19.3 Å². The van der Waals surface area contributed by atoms with E-state index in [-0.39, 0.29) is 40.2 Å². The van der Waals surface area contributed by atoms with Crippen molar-refractivity contribution in [2.24, 2.45) is 0 Å². The number of imidazole rings is 1. The van der Waals surface area contributed by atoms with Crippen molar-refractivity contribution in [2.75, 3.05) is 12.9 Å². The number of para-hydroxylation sites is 1. The number of thioether (sulfide) groups is 1. The Morgan fingerprint density at radius 1 is 1.18 bits per heavy atom. The van der Waals surface area contributed by atoms with Gasteiger partial charge in [0.05, 0.1) is 22.5 Å². The average Bonchev–Trinajstić information content (AvgIpc) is 3.44. The minimum absolute atomic E-state index is 0.0381. The van der Waals surface area contributed by atoms with Gasteiger partial charge in [0.1, 0.15) is 13.7 Å². The zero-order valence-corrected chi connectivity index (χ0v) is 21.9. The van der Waals surface area contributed by atoms with Crippen molar-refractivity contribution in [2.45, 2.75) is 37.4 Å². The van der Waals surface area contributed by atoms with Crippen molar-refractivity contribution in [3.8, 4) is 11.5 Å². The van der Waals surface area contributed by atoms with Gasteiger partial charge in [-0.15, -0.1) is 20.5 Å². The van der Waals surface area contributed by atoms with E-state index in [2.05, 4.69) is 19.8 Å². The molecule has 0 saturated heterocycles. The summed E-state index contributed by atoms with van der Waals surface area (Å²) in [5, 5.41) is 2.73. The summed E-state index contributed by atoms with van der Waals surface area (Å²) >= 11 is 1.62. The highest BCUT2D eigenvalue weighted by molar-refractivity contribution is 7.99. The van der Waals surface area contributed by atoms with Gasteiger partial charge < -0.3 is 19.4 Å². The predicted octanol–water partition coefficient (Wildman–Crippen LogP) is 4.81. The van der Waals surface area contributed by atoms with Crippen LogP contribution in [0.25, 0.3) is 11.0 Å². The summed E-state index contributed by atoms with van der Waals surface area (Å²) in [6.07, 6.45) is -7.01. The Bertz CT molecular complexity index is 1590. The maximum Gasteiger partial charge on any atom is 0.586 e. The van der Waals surface area contributed by atoms with Gasteiger partial charge in [-0.2, -0.15) is 13.2 Å². The van der Waals surface area contributed by atoms with Crippen LogP contribution in [0.3, 0.4) is 0 Å². The Kier molecular flexibility index (Phi) is 7.21. The summed E-state index contributed by atoms with van der Waals surface area (Å²) in [6.45, 7) is 1.63. The fourth-order valence-corrected chi connectivity index (χ4v) is 4.96. The Labute approximate surface area is 228 Å². The number of amides is 1. The lowest BCUT2D eigenvalue weighted by molar-refractivity contribution is -0.891. The maximum atomic E-state index is 13.9. The molecular formula is C26H22F5N4O4S+. The number of nitrogens with one attached hydrogen (secondary N) is 1. The van der Waals surface area contributed by atoms with E-state index >= 15 is 0 Å². The number of carbonyl (C=O) groups excluding carboxylic acids is 1. The van der Waals surface area contributed by atoms with E-state index in [0.717, 1.165) is 15.2 Å². The number of benzene rings is 2. The van der Waals surface area contributed by atoms with Gasteiger partial charge in [0.25, 0.3) is 11.6 Å². The molecule has 1 aliphatic heterocycles. The second-order valence-corrected chi connectivity index (χ2v) is 9.95. The fraction of sp³-hybridized carbons (Fsp3) is 0.269. The molecule has 0 aliphatic carbocycles. The first-order chi connectivity index (χ1) is 19.0. The summed E-state index contributed by atoms with van der Waals surface area (Å²) in [4.78, 5) is 22.9. The van der Waals surface area contributed by atoms with Crippen LogP contribution in [0, 0.1) is 0 Å². The van der Waals surface area contributed by atoms with E-state index in [1.54, 1.807) is 24.0 Å². The zero-order chi connectivity index (χ0) is 28.7. The summed E-state index contributed by atoms with van der Waals surface area (Å²) in [5.74, 6) is -1.55. The number of hydrogen-bond donors (Lipinski definition) is 1. The Morgan fingerprint density at radius 2 is 1.98 bits per heavy atom. The molecule has 3 heterocycles. The quantitative estimate of drug-likeness (QED) is 0.183. The molecule has 4 aromatic rings. The van der Waals surface area contributed by atoms with Crippen LogP contribution in [0.5, 0.6) is 11.5 Å². The van der Waals surface area contributed by atoms with E-state index in [1.807, 2.05) is 13.0 Å². The van der Waals surface area contributed by atoms with Gasteiger partial charge in [-0.25, -0.2) is 4.98 Å². The monoisotopic (exact) mass is 581 g/mol. The Morgan fingerprint density at radius 3 is 2.70 bits per heavy atom. The van der Waals surface area contributed by atoms with E-state index in [4.69, 9.17) is 4.84 Å². The SMILES string of the molecule is CCSc1ccc(CNC(=O)c2ccc3c(c2)nc(C(F)(F)F)n3Cc2cccc3c2OC(F)(F)O3)[n+](OC)c1. The lowest BCUT2D eigenvalue weighted by Gasteiger charge is -2.13. The van der Waals surface area contributed by atoms with Gasteiger partial charge >= 0.3 is 12.5 Å². The standard InChI is InChI=1S/C26H21F5N4O4S/c1-3-40-18-9-8-17(35(14-18)37-2)12-32-23(36)15-7-10-20-19(11-15)33-24(25(27,28)29)34(20)13-16-5-4-6-21-22(16)39-26(30,31)38-21/h4-11,14H,3,12-13H2,1-2H3/p+1. The largest absolute Gasteiger partial charge is 0.586 e. The number of carbonyl (C=O) groups is 1. The summed E-state index contributed by atoms with van der Waals surface area (Å²) < 4.78 is 80.4. The van der Waals surface area contributed by atoms with Crippen LogP contribution in [0.2, 0.25) is 0 Å². The molecule has 0 radical (unpaired) electrons. The highest BCUT2D eigenvalue weighted by atomic mass is 32.2. The first-order valence-electron chi connectivity index (χ1n) is 11.9. The van der Waals surface area contributed by atoms with Gasteiger partial charge in [-0.1, -0.05) is 19.1 Å². The van der Waals surface area contributed by atoms with E-state index < -0.39 is 30.7 Å². The molecule has 1 amide bonds. The summed E-state index contributed by atoms with van der Waals surface area (Å²) in [5.41, 5.74) is 0.727. The molecule has 0 spiro atoms. The first-order valence-corrected chi connectivity index (χ1v) is 12.9. The number of alkyl halides is 5. The van der Waals surface area contributed by atoms with Crippen molar-refractivity contribution < 1.29 is 45.8 Å². The van der Waals surface area contributed by atoms with E-state index in [9.17, 15) is 26.7 Å². The smallest absolute Gasteiger partial charge is 0.395 e. The minimum Gasteiger partial charge on any atom is -0.395 e. The van der Waals surface area contributed by atoms with Gasteiger partial charge in [-0.05, 0) is 36.1 Å². The number of nitrogens with zero attached hydrogens (tertiary/aromatic N) is 3. The molecular weight excluding hydrogens is 559 g/mol. The summed E-state index contributed by atoms with van der Waals surface area (Å²) in [6, 6.07) is 11.6. The number of pyridine rings is 1. The molecule has 8 nitrogen and oxygen atoms in total. The van der Waals surface area contributed by atoms with Gasteiger partial charge in [-0.3, -0.25) is 9.63 Å². The van der Waals surface area contributed by atoms with Crippen molar-refractivity contribution in [1.29, 1.82) is 0 Å². The normalized spacial score (nSPS) is 14.0. The molecule has 0 fully saturated rings. The first kappa shape index (κ1) is 27.5. The second-order valence-electron chi connectivity index (χ2n) is 8.61. The molecule has 40 heavy (non-hydrogen) atoms. The highest BCUT2D eigenvalue weighted by Gasteiger charge is 2.45. The number of halogens is 5. The van der Waals surface area contributed by atoms with Crippen molar-refractivity contribution >= 4 is 28.7 Å². The van der Waals surface area contributed by atoms with Crippen LogP contribution in [0.1, 0.15) is 34.4 Å². The topological polar surface area (TPSA) is 78.5 Å². The van der Waals surface area contributed by atoms with Crippen LogP contribution in [0.15, 0.2) is 59.6 Å². The van der Waals surface area contributed by atoms with E-state index in [1.165, 1.54) is 48.2 Å². The molecule has 2 aromatic carbocycles.